The van der Waals surface area contributed by atoms with Crippen LogP contribution in [0, 0.1) is 5.41 Å². The third-order valence-corrected chi connectivity index (χ3v) is 4.66. The van der Waals surface area contributed by atoms with Crippen molar-refractivity contribution in [1.29, 1.82) is 0 Å². The minimum atomic E-state index is 0.376. The van der Waals surface area contributed by atoms with Crippen LogP contribution in [0.1, 0.15) is 54.4 Å². The van der Waals surface area contributed by atoms with Crippen LogP contribution in [-0.2, 0) is 4.74 Å². The Hall–Kier alpha value is -0.120. The maximum Gasteiger partial charge on any atom is 0.0674 e. The molecule has 0 bridgehead atoms. The Balaban J connectivity index is 2.65. The van der Waals surface area contributed by atoms with Gasteiger partial charge in [-0.2, -0.15) is 0 Å². The molecule has 1 rings (SSSR count). The number of nitrogens with zero attached hydrogens (tertiary/aromatic N) is 1. The van der Waals surface area contributed by atoms with Gasteiger partial charge in [-0.1, -0.05) is 27.7 Å². The fourth-order valence-electron chi connectivity index (χ4n) is 2.82. The first-order valence-electron chi connectivity index (χ1n) is 8.01. The fourth-order valence-corrected chi connectivity index (χ4v) is 2.82. The van der Waals surface area contributed by atoms with Crippen LogP contribution in [0.5, 0.6) is 0 Å². The average molecular weight is 270 g/mol. The number of ether oxygens (including phenoxy) is 1. The van der Waals surface area contributed by atoms with Crippen LogP contribution in [0.2, 0.25) is 0 Å². The van der Waals surface area contributed by atoms with E-state index in [-0.39, 0.29) is 0 Å². The van der Waals surface area contributed by atoms with Gasteiger partial charge in [-0.15, -0.1) is 0 Å². The van der Waals surface area contributed by atoms with Crippen molar-refractivity contribution < 1.29 is 4.74 Å². The first-order valence-corrected chi connectivity index (χ1v) is 8.01. The fraction of sp³-hybridized carbons (Fsp3) is 1.00. The zero-order valence-electron chi connectivity index (χ0n) is 13.8. The van der Waals surface area contributed by atoms with Gasteiger partial charge in [-0.3, -0.25) is 4.90 Å². The lowest BCUT2D eigenvalue weighted by Crippen LogP contribution is -2.53. The molecule has 3 heteroatoms. The minimum Gasteiger partial charge on any atom is -0.376 e. The standard InChI is InChI=1S/C16H34N2O/c1-7-16(8-2,11-17-13(3)4)12-18-9-15(6)19-10-14(18)5/h13-15,17H,7-12H2,1-6H3. The largest absolute Gasteiger partial charge is 0.376 e. The van der Waals surface area contributed by atoms with Gasteiger partial charge in [-0.05, 0) is 32.1 Å². The summed E-state index contributed by atoms with van der Waals surface area (Å²) in [7, 11) is 0. The molecule has 0 aromatic rings. The molecule has 0 amide bonds. The van der Waals surface area contributed by atoms with E-state index in [9.17, 15) is 0 Å². The Morgan fingerprint density at radius 2 is 1.89 bits per heavy atom. The highest BCUT2D eigenvalue weighted by Crippen LogP contribution is 2.29. The van der Waals surface area contributed by atoms with Gasteiger partial charge in [0.1, 0.15) is 0 Å². The van der Waals surface area contributed by atoms with Gasteiger partial charge >= 0.3 is 0 Å². The third-order valence-electron chi connectivity index (χ3n) is 4.66. The van der Waals surface area contributed by atoms with Crippen molar-refractivity contribution in [2.24, 2.45) is 5.41 Å². The zero-order chi connectivity index (χ0) is 14.5. The Morgan fingerprint density at radius 3 is 2.42 bits per heavy atom. The molecule has 0 aromatic carbocycles. The summed E-state index contributed by atoms with van der Waals surface area (Å²) in [5.41, 5.74) is 0.398. The van der Waals surface area contributed by atoms with Crippen LogP contribution in [0.15, 0.2) is 0 Å². The van der Waals surface area contributed by atoms with Crippen LogP contribution >= 0.6 is 0 Å². The van der Waals surface area contributed by atoms with Crippen molar-refractivity contribution >= 4 is 0 Å². The molecule has 1 saturated heterocycles. The summed E-state index contributed by atoms with van der Waals surface area (Å²) in [6, 6.07) is 1.12. The van der Waals surface area contributed by atoms with Crippen molar-refractivity contribution in [2.45, 2.75) is 72.6 Å². The molecule has 19 heavy (non-hydrogen) atoms. The van der Waals surface area contributed by atoms with Crippen molar-refractivity contribution in [3.05, 3.63) is 0 Å². The van der Waals surface area contributed by atoms with Gasteiger partial charge in [0.2, 0.25) is 0 Å². The van der Waals surface area contributed by atoms with E-state index < -0.39 is 0 Å². The molecule has 1 fully saturated rings. The highest BCUT2D eigenvalue weighted by molar-refractivity contribution is 4.87. The van der Waals surface area contributed by atoms with E-state index in [2.05, 4.69) is 51.8 Å². The molecule has 0 spiro atoms. The van der Waals surface area contributed by atoms with Gasteiger partial charge in [0, 0.05) is 31.7 Å². The smallest absolute Gasteiger partial charge is 0.0674 e. The molecule has 0 radical (unpaired) electrons. The second-order valence-electron chi connectivity index (χ2n) is 6.67. The summed E-state index contributed by atoms with van der Waals surface area (Å²) in [6.07, 6.45) is 2.85. The first kappa shape index (κ1) is 16.9. The molecular weight excluding hydrogens is 236 g/mol. The molecule has 1 aliphatic heterocycles. The average Bonchev–Trinajstić information content (AvgIpc) is 2.38. The Bertz CT molecular complexity index is 251. The Labute approximate surface area is 120 Å². The SMILES string of the molecule is CCC(CC)(CNC(C)C)CN1CC(C)OCC1C. The van der Waals surface area contributed by atoms with Crippen molar-refractivity contribution in [3.63, 3.8) is 0 Å². The third kappa shape index (κ3) is 5.05. The number of morpholine rings is 1. The lowest BCUT2D eigenvalue weighted by Gasteiger charge is -2.44. The predicted molar refractivity (Wildman–Crippen MR) is 82.6 cm³/mol. The number of rotatable bonds is 7. The molecule has 3 nitrogen and oxygen atoms in total. The van der Waals surface area contributed by atoms with Crippen molar-refractivity contribution in [3.8, 4) is 0 Å². The summed E-state index contributed by atoms with van der Waals surface area (Å²) < 4.78 is 5.74. The summed E-state index contributed by atoms with van der Waals surface area (Å²) in [5, 5.41) is 3.65. The minimum absolute atomic E-state index is 0.376. The zero-order valence-corrected chi connectivity index (χ0v) is 13.8. The highest BCUT2D eigenvalue weighted by atomic mass is 16.5. The molecule has 1 N–H and O–H groups in total. The Morgan fingerprint density at radius 1 is 1.26 bits per heavy atom. The van der Waals surface area contributed by atoms with Gasteiger partial charge in [-0.25, -0.2) is 0 Å². The first-order chi connectivity index (χ1) is 8.92. The van der Waals surface area contributed by atoms with Crippen LogP contribution in [-0.4, -0.2) is 49.3 Å². The topological polar surface area (TPSA) is 24.5 Å². The molecule has 2 atom stereocenters. The summed E-state index contributed by atoms with van der Waals surface area (Å²) in [4.78, 5) is 2.63. The number of hydrogen-bond acceptors (Lipinski definition) is 3. The molecule has 0 aromatic heterocycles. The van der Waals surface area contributed by atoms with Gasteiger partial charge < -0.3 is 10.1 Å². The van der Waals surface area contributed by atoms with Gasteiger partial charge in [0.05, 0.1) is 12.7 Å². The maximum absolute atomic E-state index is 5.74. The summed E-state index contributed by atoms with van der Waals surface area (Å²) in [6.45, 7) is 17.9. The summed E-state index contributed by atoms with van der Waals surface area (Å²) >= 11 is 0. The highest BCUT2D eigenvalue weighted by Gasteiger charge is 2.33. The van der Waals surface area contributed by atoms with Crippen molar-refractivity contribution in [1.82, 2.24) is 10.2 Å². The van der Waals surface area contributed by atoms with E-state index in [0.29, 0.717) is 23.6 Å². The van der Waals surface area contributed by atoms with Crippen LogP contribution in [0.4, 0.5) is 0 Å². The van der Waals surface area contributed by atoms with E-state index >= 15 is 0 Å². The molecule has 0 aliphatic carbocycles. The van der Waals surface area contributed by atoms with Crippen LogP contribution in [0.25, 0.3) is 0 Å². The quantitative estimate of drug-likeness (QED) is 0.770. The van der Waals surface area contributed by atoms with E-state index in [1.807, 2.05) is 0 Å². The van der Waals surface area contributed by atoms with E-state index in [4.69, 9.17) is 4.74 Å². The maximum atomic E-state index is 5.74. The molecule has 1 heterocycles. The monoisotopic (exact) mass is 270 g/mol. The predicted octanol–water partition coefficient (Wildman–Crippen LogP) is 2.90. The van der Waals surface area contributed by atoms with Crippen LogP contribution in [0.3, 0.4) is 0 Å². The van der Waals surface area contributed by atoms with E-state index in [1.165, 1.54) is 19.4 Å². The lowest BCUT2D eigenvalue weighted by molar-refractivity contribution is -0.0641. The lowest BCUT2D eigenvalue weighted by atomic mass is 9.81. The molecule has 0 saturated carbocycles. The number of hydrogen-bond donors (Lipinski definition) is 1. The van der Waals surface area contributed by atoms with Gasteiger partial charge in [0.25, 0.3) is 0 Å². The normalized spacial score (nSPS) is 26.1. The number of nitrogens with one attached hydrogen (secondary N) is 1. The van der Waals surface area contributed by atoms with Gasteiger partial charge in [0.15, 0.2) is 0 Å². The van der Waals surface area contributed by atoms with E-state index in [0.717, 1.165) is 19.7 Å². The second-order valence-corrected chi connectivity index (χ2v) is 6.67. The molecule has 2 unspecified atom stereocenters. The summed E-state index contributed by atoms with van der Waals surface area (Å²) in [5.74, 6) is 0. The molecular formula is C16H34N2O. The molecule has 1 aliphatic rings. The molecule has 114 valence electrons. The van der Waals surface area contributed by atoms with E-state index in [1.54, 1.807) is 0 Å². The second kappa shape index (κ2) is 7.61. The van der Waals surface area contributed by atoms with Crippen LogP contribution < -0.4 is 5.32 Å². The van der Waals surface area contributed by atoms with Crippen molar-refractivity contribution in [2.75, 3.05) is 26.2 Å². The Kier molecular flexibility index (Phi) is 6.78.